The highest BCUT2D eigenvalue weighted by atomic mass is 15.0. The molecule has 8 rings (SSSR count). The third-order valence-electron chi connectivity index (χ3n) is 9.30. The summed E-state index contributed by atoms with van der Waals surface area (Å²) in [5.74, 6) is 0. The summed E-state index contributed by atoms with van der Waals surface area (Å²) in [5.41, 5.74) is 16.4. The van der Waals surface area contributed by atoms with Crippen LogP contribution in [0.25, 0.3) is 71.6 Å². The second-order valence-electron chi connectivity index (χ2n) is 12.2. The molecule has 2 heteroatoms. The maximum atomic E-state index is 2.47. The molecule has 0 aliphatic carbocycles. The smallest absolute Gasteiger partial charge is 0.0570 e. The lowest BCUT2D eigenvalue weighted by Crippen LogP contribution is -1.98. The molecule has 0 aliphatic rings. The molecule has 0 N–H and O–H groups in total. The van der Waals surface area contributed by atoms with Gasteiger partial charge in [-0.25, -0.2) is 0 Å². The van der Waals surface area contributed by atoms with E-state index in [4.69, 9.17) is 0 Å². The molecule has 0 saturated heterocycles. The summed E-state index contributed by atoms with van der Waals surface area (Å²) in [6.07, 6.45) is 0. The van der Waals surface area contributed by atoms with E-state index < -0.39 is 0 Å². The molecule has 0 amide bonds. The molecule has 2 heterocycles. The first kappa shape index (κ1) is 25.6. The van der Waals surface area contributed by atoms with Crippen LogP contribution < -0.4 is 0 Å². The highest BCUT2D eigenvalue weighted by Crippen LogP contribution is 2.43. The third-order valence-corrected chi connectivity index (χ3v) is 9.30. The Morgan fingerprint density at radius 1 is 0.419 bits per heavy atom. The molecule has 0 aliphatic heterocycles. The van der Waals surface area contributed by atoms with Crippen LogP contribution in [0.15, 0.2) is 115 Å². The highest BCUT2D eigenvalue weighted by Gasteiger charge is 2.21. The van der Waals surface area contributed by atoms with Gasteiger partial charge >= 0.3 is 0 Å². The van der Waals surface area contributed by atoms with Gasteiger partial charge in [-0.3, -0.25) is 0 Å². The van der Waals surface area contributed by atoms with Crippen LogP contribution in [0.4, 0.5) is 0 Å². The van der Waals surface area contributed by atoms with E-state index in [2.05, 4.69) is 159 Å². The quantitative estimate of drug-likeness (QED) is 0.206. The van der Waals surface area contributed by atoms with E-state index in [1.54, 1.807) is 0 Å². The molecule has 2 aromatic heterocycles. The summed E-state index contributed by atoms with van der Waals surface area (Å²) in [7, 11) is 2.24. The van der Waals surface area contributed by atoms with Crippen molar-refractivity contribution >= 4 is 43.6 Å². The zero-order valence-corrected chi connectivity index (χ0v) is 25.4. The van der Waals surface area contributed by atoms with Crippen LogP contribution in [-0.2, 0) is 7.05 Å². The van der Waals surface area contributed by atoms with Gasteiger partial charge in [0.05, 0.1) is 22.1 Å². The third kappa shape index (κ3) is 3.79. The van der Waals surface area contributed by atoms with Gasteiger partial charge in [-0.2, -0.15) is 0 Å². The van der Waals surface area contributed by atoms with E-state index in [9.17, 15) is 0 Å². The van der Waals surface area contributed by atoms with Crippen LogP contribution >= 0.6 is 0 Å². The first-order chi connectivity index (χ1) is 20.9. The van der Waals surface area contributed by atoms with E-state index in [0.29, 0.717) is 0 Å². The molecule has 0 bridgehead atoms. The van der Waals surface area contributed by atoms with Crippen molar-refractivity contribution in [1.82, 2.24) is 9.13 Å². The normalized spacial score (nSPS) is 11.8. The molecule has 0 unspecified atom stereocenters. The average Bonchev–Trinajstić information content (AvgIpc) is 3.48. The second kappa shape index (κ2) is 9.47. The van der Waals surface area contributed by atoms with Gasteiger partial charge in [0.15, 0.2) is 0 Å². The molecule has 43 heavy (non-hydrogen) atoms. The van der Waals surface area contributed by atoms with Gasteiger partial charge in [0.25, 0.3) is 0 Å². The molecule has 8 aromatic rings. The number of nitrogens with zero attached hydrogens (tertiary/aromatic N) is 2. The minimum absolute atomic E-state index is 1.19. The van der Waals surface area contributed by atoms with Crippen molar-refractivity contribution in [3.63, 3.8) is 0 Å². The first-order valence-corrected chi connectivity index (χ1v) is 15.1. The zero-order valence-electron chi connectivity index (χ0n) is 25.4. The molecule has 0 atom stereocenters. The van der Waals surface area contributed by atoms with Crippen LogP contribution in [0.2, 0.25) is 0 Å². The van der Waals surface area contributed by atoms with Gasteiger partial charge < -0.3 is 9.13 Å². The Bertz CT molecular complexity index is 2340. The molecule has 2 nitrogen and oxygen atoms in total. The van der Waals surface area contributed by atoms with E-state index >= 15 is 0 Å². The number of para-hydroxylation sites is 1. The fourth-order valence-electron chi connectivity index (χ4n) is 7.25. The lowest BCUT2D eigenvalue weighted by atomic mass is 9.96. The second-order valence-corrected chi connectivity index (χ2v) is 12.2. The van der Waals surface area contributed by atoms with Crippen molar-refractivity contribution in [3.05, 3.63) is 138 Å². The predicted molar refractivity (Wildman–Crippen MR) is 185 cm³/mol. The Labute approximate surface area is 252 Å². The van der Waals surface area contributed by atoms with Crippen LogP contribution in [0.5, 0.6) is 0 Å². The lowest BCUT2D eigenvalue weighted by molar-refractivity contribution is 1.01. The number of rotatable bonds is 3. The predicted octanol–water partition coefficient (Wildman–Crippen LogP) is 11.0. The van der Waals surface area contributed by atoms with Crippen molar-refractivity contribution < 1.29 is 0 Å². The van der Waals surface area contributed by atoms with Crippen LogP contribution in [0.3, 0.4) is 0 Å². The summed E-state index contributed by atoms with van der Waals surface area (Å²) in [6, 6.07) is 42.8. The van der Waals surface area contributed by atoms with Crippen LogP contribution in [-0.4, -0.2) is 9.13 Å². The Morgan fingerprint density at radius 3 is 1.56 bits per heavy atom. The van der Waals surface area contributed by atoms with Crippen LogP contribution in [0, 0.1) is 27.7 Å². The Kier molecular flexibility index (Phi) is 5.64. The van der Waals surface area contributed by atoms with Crippen molar-refractivity contribution in [3.8, 4) is 27.9 Å². The van der Waals surface area contributed by atoms with Crippen molar-refractivity contribution in [2.75, 3.05) is 0 Å². The lowest BCUT2D eigenvalue weighted by Gasteiger charge is -2.15. The molecule has 0 saturated carbocycles. The van der Waals surface area contributed by atoms with Gasteiger partial charge in [0, 0.05) is 45.4 Å². The van der Waals surface area contributed by atoms with Crippen molar-refractivity contribution in [2.24, 2.45) is 7.05 Å². The Balaban J connectivity index is 1.55. The fraction of sp³-hybridized carbons (Fsp3) is 0.122. The largest absolute Gasteiger partial charge is 0.343 e. The zero-order chi connectivity index (χ0) is 29.4. The van der Waals surface area contributed by atoms with Crippen molar-refractivity contribution in [1.29, 1.82) is 0 Å². The number of hydrogen-bond acceptors (Lipinski definition) is 0. The minimum Gasteiger partial charge on any atom is -0.343 e. The minimum atomic E-state index is 1.19. The van der Waals surface area contributed by atoms with Crippen LogP contribution in [0.1, 0.15) is 22.3 Å². The average molecular weight is 555 g/mol. The van der Waals surface area contributed by atoms with E-state index in [1.165, 1.54) is 93.8 Å². The Hall–Kier alpha value is -5.08. The van der Waals surface area contributed by atoms with Gasteiger partial charge in [0.2, 0.25) is 0 Å². The number of aromatic nitrogens is 2. The van der Waals surface area contributed by atoms with Gasteiger partial charge in [-0.1, -0.05) is 90.0 Å². The highest BCUT2D eigenvalue weighted by molar-refractivity contribution is 6.18. The van der Waals surface area contributed by atoms with E-state index in [1.807, 2.05) is 0 Å². The number of fused-ring (bicyclic) bond motifs is 6. The van der Waals surface area contributed by atoms with Gasteiger partial charge in [0.1, 0.15) is 0 Å². The maximum absolute atomic E-state index is 2.47. The number of aryl methyl sites for hydroxylation is 5. The molecule has 0 spiro atoms. The number of hydrogen-bond donors (Lipinski definition) is 0. The molecule has 0 radical (unpaired) electrons. The standard InChI is InChI=1S/C41H34N2/c1-25-17-19-38-34(21-25)35-22-26(2)18-20-39(35)43(38)29-23-36(31-14-9-7-12-28(31)4)41-37(24-29)33-16-10-15-32(40(33)42(41)5)30-13-8-6-11-27(30)3/h6-24H,1-5H3. The van der Waals surface area contributed by atoms with Gasteiger partial charge in [-0.15, -0.1) is 0 Å². The summed E-state index contributed by atoms with van der Waals surface area (Å²) in [6.45, 7) is 8.80. The SMILES string of the molecule is Cc1ccc2c(c1)c1cc(C)ccc1n2-c1cc(-c2ccccc2C)c2c(c1)c1cccc(-c3ccccc3C)c1n2C. The summed E-state index contributed by atoms with van der Waals surface area (Å²) in [5, 5.41) is 5.16. The summed E-state index contributed by atoms with van der Waals surface area (Å²) < 4.78 is 4.89. The summed E-state index contributed by atoms with van der Waals surface area (Å²) in [4.78, 5) is 0. The Morgan fingerprint density at radius 2 is 0.953 bits per heavy atom. The molecular formula is C41H34N2. The monoisotopic (exact) mass is 554 g/mol. The molecule has 0 fully saturated rings. The fourth-order valence-corrected chi connectivity index (χ4v) is 7.25. The van der Waals surface area contributed by atoms with E-state index in [0.717, 1.165) is 0 Å². The molecule has 208 valence electrons. The summed E-state index contributed by atoms with van der Waals surface area (Å²) >= 11 is 0. The molecular weight excluding hydrogens is 520 g/mol. The number of benzene rings is 6. The first-order valence-electron chi connectivity index (χ1n) is 15.1. The molecule has 6 aromatic carbocycles. The van der Waals surface area contributed by atoms with E-state index in [-0.39, 0.29) is 0 Å². The maximum Gasteiger partial charge on any atom is 0.0570 e. The topological polar surface area (TPSA) is 9.86 Å². The van der Waals surface area contributed by atoms with Crippen molar-refractivity contribution in [2.45, 2.75) is 27.7 Å². The van der Waals surface area contributed by atoms with Gasteiger partial charge in [-0.05, 0) is 86.3 Å².